The molecule has 0 unspecified atom stereocenters. The molecule has 4 heteroatoms. The molecular weight excluding hydrogens is 372 g/mol. The fourth-order valence-electron chi connectivity index (χ4n) is 3.28. The number of aryl methyl sites for hydroxylation is 2. The molecule has 0 aromatic heterocycles. The molecule has 3 aromatic carbocycles. The highest BCUT2D eigenvalue weighted by Gasteiger charge is 2.28. The van der Waals surface area contributed by atoms with Crippen LogP contribution >= 0.6 is 0 Å². The Hall–Kier alpha value is -3.66. The Morgan fingerprint density at radius 2 is 1.63 bits per heavy atom. The number of hydrogen-bond acceptors (Lipinski definition) is 3. The summed E-state index contributed by atoms with van der Waals surface area (Å²) in [5.41, 5.74) is 6.48. The minimum Gasteiger partial charge on any atom is -0.489 e. The predicted molar refractivity (Wildman–Crippen MR) is 122 cm³/mol. The standard InChI is InChI=1S/C26H24N2O2/c1-18-9-12-23(15-19(18)2)28-26(29)25(20(3)27-28)16-21-10-13-24(14-11-21)30-17-22-7-5-4-6-8-22/h4-16H,17H2,1-3H3/b25-16-. The first-order valence-electron chi connectivity index (χ1n) is 9.97. The van der Waals surface area contributed by atoms with E-state index >= 15 is 0 Å². The maximum Gasteiger partial charge on any atom is 0.280 e. The minimum absolute atomic E-state index is 0.111. The molecule has 30 heavy (non-hydrogen) atoms. The Morgan fingerprint density at radius 1 is 0.900 bits per heavy atom. The van der Waals surface area contributed by atoms with Crippen LogP contribution in [-0.4, -0.2) is 11.6 Å². The average Bonchev–Trinajstić information content (AvgIpc) is 3.04. The van der Waals surface area contributed by atoms with E-state index in [-0.39, 0.29) is 5.91 Å². The molecule has 3 aromatic rings. The van der Waals surface area contributed by atoms with Gasteiger partial charge >= 0.3 is 0 Å². The van der Waals surface area contributed by atoms with Crippen LogP contribution in [0.15, 0.2) is 83.5 Å². The number of nitrogens with zero attached hydrogens (tertiary/aromatic N) is 2. The Balaban J connectivity index is 1.48. The SMILES string of the molecule is CC1=NN(c2ccc(C)c(C)c2)C(=O)/C1=C\c1ccc(OCc2ccccc2)cc1. The quantitative estimate of drug-likeness (QED) is 0.520. The first kappa shape index (κ1) is 19.6. The molecule has 0 saturated heterocycles. The van der Waals surface area contributed by atoms with Gasteiger partial charge in [-0.2, -0.15) is 10.1 Å². The zero-order chi connectivity index (χ0) is 21.1. The minimum atomic E-state index is -0.111. The molecule has 4 nitrogen and oxygen atoms in total. The first-order chi connectivity index (χ1) is 14.5. The maximum atomic E-state index is 13.0. The van der Waals surface area contributed by atoms with E-state index in [9.17, 15) is 4.79 Å². The molecule has 1 aliphatic rings. The molecule has 0 spiro atoms. The van der Waals surface area contributed by atoms with Crippen LogP contribution in [0.25, 0.3) is 6.08 Å². The molecule has 0 aliphatic carbocycles. The van der Waals surface area contributed by atoms with Gasteiger partial charge < -0.3 is 4.74 Å². The second-order valence-electron chi connectivity index (χ2n) is 7.47. The molecule has 0 bridgehead atoms. The van der Waals surface area contributed by atoms with Crippen molar-refractivity contribution in [1.82, 2.24) is 0 Å². The van der Waals surface area contributed by atoms with Crippen molar-refractivity contribution in [3.8, 4) is 5.75 Å². The highest BCUT2D eigenvalue weighted by molar-refractivity contribution is 6.32. The number of carbonyl (C=O) groups excluding carboxylic acids is 1. The second-order valence-corrected chi connectivity index (χ2v) is 7.47. The van der Waals surface area contributed by atoms with Crippen molar-refractivity contribution in [2.24, 2.45) is 5.10 Å². The van der Waals surface area contributed by atoms with Crippen molar-refractivity contribution in [1.29, 1.82) is 0 Å². The third-order valence-corrected chi connectivity index (χ3v) is 5.24. The van der Waals surface area contributed by atoms with Gasteiger partial charge in [0.1, 0.15) is 12.4 Å². The number of anilines is 1. The summed E-state index contributed by atoms with van der Waals surface area (Å²) in [6.07, 6.45) is 1.88. The van der Waals surface area contributed by atoms with E-state index in [0.29, 0.717) is 17.9 Å². The van der Waals surface area contributed by atoms with Crippen LogP contribution in [0.3, 0.4) is 0 Å². The number of hydrazone groups is 1. The molecular formula is C26H24N2O2. The van der Waals surface area contributed by atoms with Gasteiger partial charge in [-0.1, -0.05) is 48.5 Å². The molecule has 4 rings (SSSR count). The van der Waals surface area contributed by atoms with E-state index in [0.717, 1.165) is 28.1 Å². The molecule has 0 atom stereocenters. The highest BCUT2D eigenvalue weighted by atomic mass is 16.5. The highest BCUT2D eigenvalue weighted by Crippen LogP contribution is 2.27. The van der Waals surface area contributed by atoms with E-state index in [2.05, 4.69) is 12.0 Å². The van der Waals surface area contributed by atoms with Crippen molar-refractivity contribution in [2.75, 3.05) is 5.01 Å². The van der Waals surface area contributed by atoms with Gasteiger partial charge in [-0.05, 0) is 73.4 Å². The first-order valence-corrected chi connectivity index (χ1v) is 9.97. The third-order valence-electron chi connectivity index (χ3n) is 5.24. The molecule has 0 N–H and O–H groups in total. The smallest absolute Gasteiger partial charge is 0.280 e. The summed E-state index contributed by atoms with van der Waals surface area (Å²) in [5, 5.41) is 5.95. The van der Waals surface area contributed by atoms with Crippen LogP contribution in [0, 0.1) is 13.8 Å². The van der Waals surface area contributed by atoms with E-state index in [1.54, 1.807) is 0 Å². The molecule has 0 radical (unpaired) electrons. The lowest BCUT2D eigenvalue weighted by Crippen LogP contribution is -2.21. The van der Waals surface area contributed by atoms with Crippen molar-refractivity contribution < 1.29 is 9.53 Å². The molecule has 1 aliphatic heterocycles. The van der Waals surface area contributed by atoms with E-state index in [1.165, 1.54) is 10.6 Å². The Morgan fingerprint density at radius 3 is 2.33 bits per heavy atom. The summed E-state index contributed by atoms with van der Waals surface area (Å²) in [4.78, 5) is 13.0. The van der Waals surface area contributed by atoms with Gasteiger partial charge in [0.05, 0.1) is 17.0 Å². The lowest BCUT2D eigenvalue weighted by Gasteiger charge is -2.13. The van der Waals surface area contributed by atoms with Gasteiger partial charge in [0, 0.05) is 0 Å². The largest absolute Gasteiger partial charge is 0.489 e. The summed E-state index contributed by atoms with van der Waals surface area (Å²) in [7, 11) is 0. The lowest BCUT2D eigenvalue weighted by atomic mass is 10.1. The number of benzene rings is 3. The van der Waals surface area contributed by atoms with Crippen LogP contribution < -0.4 is 9.75 Å². The van der Waals surface area contributed by atoms with Crippen LogP contribution in [0.1, 0.15) is 29.2 Å². The number of carbonyl (C=O) groups is 1. The predicted octanol–water partition coefficient (Wildman–Crippen LogP) is 5.69. The van der Waals surface area contributed by atoms with Gasteiger partial charge in [0.25, 0.3) is 5.91 Å². The van der Waals surface area contributed by atoms with Gasteiger partial charge in [-0.15, -0.1) is 0 Å². The molecule has 1 amide bonds. The van der Waals surface area contributed by atoms with E-state index in [4.69, 9.17) is 4.74 Å². The summed E-state index contributed by atoms with van der Waals surface area (Å²) in [6, 6.07) is 23.7. The van der Waals surface area contributed by atoms with Crippen LogP contribution in [-0.2, 0) is 11.4 Å². The van der Waals surface area contributed by atoms with Crippen LogP contribution in [0.4, 0.5) is 5.69 Å². The Bertz CT molecular complexity index is 1130. The number of ether oxygens (including phenoxy) is 1. The molecule has 150 valence electrons. The Labute approximate surface area is 177 Å². The van der Waals surface area contributed by atoms with Gasteiger partial charge in [-0.3, -0.25) is 4.79 Å². The average molecular weight is 396 g/mol. The van der Waals surface area contributed by atoms with Crippen molar-refractivity contribution in [2.45, 2.75) is 27.4 Å². The van der Waals surface area contributed by atoms with Crippen molar-refractivity contribution >= 4 is 23.4 Å². The number of hydrogen-bond donors (Lipinski definition) is 0. The second kappa shape index (κ2) is 8.37. The summed E-state index contributed by atoms with van der Waals surface area (Å²) in [6.45, 7) is 6.48. The summed E-state index contributed by atoms with van der Waals surface area (Å²) >= 11 is 0. The topological polar surface area (TPSA) is 41.9 Å². The summed E-state index contributed by atoms with van der Waals surface area (Å²) < 4.78 is 5.84. The number of rotatable bonds is 5. The zero-order valence-corrected chi connectivity index (χ0v) is 17.4. The van der Waals surface area contributed by atoms with Crippen molar-refractivity contribution in [3.05, 3.63) is 101 Å². The van der Waals surface area contributed by atoms with Crippen LogP contribution in [0.2, 0.25) is 0 Å². The van der Waals surface area contributed by atoms with Gasteiger partial charge in [0.2, 0.25) is 0 Å². The van der Waals surface area contributed by atoms with Gasteiger partial charge in [0.15, 0.2) is 0 Å². The normalized spacial score (nSPS) is 14.9. The monoisotopic (exact) mass is 396 g/mol. The maximum absolute atomic E-state index is 13.0. The third kappa shape index (κ3) is 4.18. The van der Waals surface area contributed by atoms with E-state index in [1.807, 2.05) is 92.7 Å². The lowest BCUT2D eigenvalue weighted by molar-refractivity contribution is -0.114. The molecule has 0 fully saturated rings. The van der Waals surface area contributed by atoms with Crippen LogP contribution in [0.5, 0.6) is 5.75 Å². The summed E-state index contributed by atoms with van der Waals surface area (Å²) in [5.74, 6) is 0.682. The Kier molecular flexibility index (Phi) is 5.48. The fraction of sp³-hybridized carbons (Fsp3) is 0.154. The zero-order valence-electron chi connectivity index (χ0n) is 17.4. The van der Waals surface area contributed by atoms with Gasteiger partial charge in [-0.25, -0.2) is 0 Å². The fourth-order valence-corrected chi connectivity index (χ4v) is 3.28. The molecule has 0 saturated carbocycles. The van der Waals surface area contributed by atoms with Crippen molar-refractivity contribution in [3.63, 3.8) is 0 Å². The number of amides is 1. The molecule has 1 heterocycles. The van der Waals surface area contributed by atoms with E-state index < -0.39 is 0 Å².